The first kappa shape index (κ1) is 16.2. The normalized spacial score (nSPS) is 14.6. The number of amides is 1. The molecule has 0 radical (unpaired) electrons. The average molecular weight is 326 g/mol. The summed E-state index contributed by atoms with van der Waals surface area (Å²) in [6.07, 6.45) is 0. The van der Waals surface area contributed by atoms with Crippen LogP contribution in [0, 0.1) is 13.8 Å². The van der Waals surface area contributed by atoms with Crippen LogP contribution in [0.1, 0.15) is 21.5 Å². The molecule has 1 aliphatic rings. The van der Waals surface area contributed by atoms with Crippen molar-refractivity contribution in [3.63, 3.8) is 0 Å². The molecule has 1 aliphatic heterocycles. The van der Waals surface area contributed by atoms with Crippen molar-refractivity contribution in [2.75, 3.05) is 38.2 Å². The zero-order valence-corrected chi connectivity index (χ0v) is 14.3. The third-order valence-corrected chi connectivity index (χ3v) is 4.19. The second kappa shape index (κ2) is 6.86. The third-order valence-electron chi connectivity index (χ3n) is 4.19. The molecule has 2 heterocycles. The lowest BCUT2D eigenvalue weighted by atomic mass is 10.1. The number of ether oxygens (including phenoxy) is 1. The Morgan fingerprint density at radius 2 is 1.67 bits per heavy atom. The monoisotopic (exact) mass is 326 g/mol. The summed E-state index contributed by atoms with van der Waals surface area (Å²) in [5.41, 5.74) is 3.00. The predicted octanol–water partition coefficient (Wildman–Crippen LogP) is 2.06. The molecule has 24 heavy (non-hydrogen) atoms. The number of methoxy groups -OCH3 is 1. The molecule has 0 bridgehead atoms. The summed E-state index contributed by atoms with van der Waals surface area (Å²) >= 11 is 0. The molecular weight excluding hydrogens is 304 g/mol. The van der Waals surface area contributed by atoms with Crippen LogP contribution in [-0.4, -0.2) is 54.3 Å². The van der Waals surface area contributed by atoms with Crippen LogP contribution in [0.4, 0.5) is 5.82 Å². The summed E-state index contributed by atoms with van der Waals surface area (Å²) in [6.45, 7) is 6.89. The van der Waals surface area contributed by atoms with Gasteiger partial charge in [0.25, 0.3) is 5.91 Å². The summed E-state index contributed by atoms with van der Waals surface area (Å²) in [7, 11) is 1.57. The molecule has 2 aromatic rings. The lowest BCUT2D eigenvalue weighted by Gasteiger charge is -2.35. The van der Waals surface area contributed by atoms with E-state index in [-0.39, 0.29) is 5.91 Å². The second-order valence-electron chi connectivity index (χ2n) is 6.09. The molecule has 1 saturated heterocycles. The van der Waals surface area contributed by atoms with Gasteiger partial charge in [-0.25, -0.2) is 0 Å². The summed E-state index contributed by atoms with van der Waals surface area (Å²) in [5, 5.41) is 8.17. The van der Waals surface area contributed by atoms with Gasteiger partial charge in [-0.15, -0.1) is 10.2 Å². The Morgan fingerprint density at radius 3 is 2.21 bits per heavy atom. The third kappa shape index (κ3) is 3.48. The number of carbonyl (C=O) groups excluding carboxylic acids is 1. The summed E-state index contributed by atoms with van der Waals surface area (Å²) in [5.74, 6) is 1.42. The molecule has 6 heteroatoms. The first-order valence-corrected chi connectivity index (χ1v) is 8.07. The molecule has 126 valence electrons. The smallest absolute Gasteiger partial charge is 0.253 e. The summed E-state index contributed by atoms with van der Waals surface area (Å²) in [4.78, 5) is 16.7. The van der Waals surface area contributed by atoms with Crippen LogP contribution < -0.4 is 9.64 Å². The van der Waals surface area contributed by atoms with Crippen LogP contribution in [0.3, 0.4) is 0 Å². The quantitative estimate of drug-likeness (QED) is 0.864. The van der Waals surface area contributed by atoms with Gasteiger partial charge in [-0.05, 0) is 32.0 Å². The van der Waals surface area contributed by atoms with E-state index >= 15 is 0 Å². The zero-order chi connectivity index (χ0) is 17.1. The maximum absolute atomic E-state index is 12.7. The first-order chi connectivity index (χ1) is 11.6. The minimum atomic E-state index is 0.0993. The zero-order valence-electron chi connectivity index (χ0n) is 14.3. The molecule has 0 atom stereocenters. The molecule has 1 aromatic heterocycles. The van der Waals surface area contributed by atoms with Crippen LogP contribution in [0.15, 0.2) is 30.3 Å². The number of benzene rings is 1. The molecule has 0 N–H and O–H groups in total. The van der Waals surface area contributed by atoms with E-state index in [0.717, 1.165) is 35.6 Å². The minimum Gasteiger partial charge on any atom is -0.480 e. The number of rotatable bonds is 3. The van der Waals surface area contributed by atoms with Crippen molar-refractivity contribution in [1.82, 2.24) is 15.1 Å². The van der Waals surface area contributed by atoms with E-state index in [1.54, 1.807) is 13.2 Å². The fraction of sp³-hybridized carbons (Fsp3) is 0.389. The number of aromatic nitrogens is 2. The molecule has 1 aromatic carbocycles. The number of piperazine rings is 1. The van der Waals surface area contributed by atoms with Gasteiger partial charge >= 0.3 is 0 Å². The Hall–Kier alpha value is -2.63. The average Bonchev–Trinajstić information content (AvgIpc) is 2.60. The molecule has 0 aliphatic carbocycles. The molecule has 1 amide bonds. The molecule has 0 spiro atoms. The van der Waals surface area contributed by atoms with Gasteiger partial charge in [-0.3, -0.25) is 4.79 Å². The number of hydrogen-bond acceptors (Lipinski definition) is 5. The predicted molar refractivity (Wildman–Crippen MR) is 92.6 cm³/mol. The summed E-state index contributed by atoms with van der Waals surface area (Å²) < 4.78 is 5.03. The van der Waals surface area contributed by atoms with Crippen molar-refractivity contribution in [3.05, 3.63) is 47.0 Å². The summed E-state index contributed by atoms with van der Waals surface area (Å²) in [6, 6.07) is 9.69. The van der Waals surface area contributed by atoms with Gasteiger partial charge in [0.05, 0.1) is 7.11 Å². The van der Waals surface area contributed by atoms with E-state index in [2.05, 4.69) is 21.2 Å². The van der Waals surface area contributed by atoms with Crippen molar-refractivity contribution in [2.24, 2.45) is 0 Å². The highest BCUT2D eigenvalue weighted by Gasteiger charge is 2.23. The van der Waals surface area contributed by atoms with Gasteiger partial charge in [-0.1, -0.05) is 17.2 Å². The van der Waals surface area contributed by atoms with E-state index in [1.165, 1.54) is 0 Å². The van der Waals surface area contributed by atoms with Crippen LogP contribution in [0.25, 0.3) is 0 Å². The van der Waals surface area contributed by atoms with Crippen LogP contribution in [-0.2, 0) is 0 Å². The fourth-order valence-electron chi connectivity index (χ4n) is 3.01. The molecule has 0 saturated carbocycles. The van der Waals surface area contributed by atoms with E-state index in [0.29, 0.717) is 19.0 Å². The second-order valence-corrected chi connectivity index (χ2v) is 6.09. The number of nitrogens with zero attached hydrogens (tertiary/aromatic N) is 4. The van der Waals surface area contributed by atoms with Gasteiger partial charge in [0, 0.05) is 37.8 Å². The fourth-order valence-corrected chi connectivity index (χ4v) is 3.01. The van der Waals surface area contributed by atoms with E-state index in [9.17, 15) is 4.79 Å². The standard InChI is InChI=1S/C18H22N4O2/c1-13-10-14(2)12-15(11-13)18(23)22-8-6-21(7-9-22)16-4-5-17(24-3)20-19-16/h4-5,10-12H,6-9H2,1-3H3. The largest absolute Gasteiger partial charge is 0.480 e. The Balaban J connectivity index is 1.64. The SMILES string of the molecule is COc1ccc(N2CCN(C(=O)c3cc(C)cc(C)c3)CC2)nn1. The first-order valence-electron chi connectivity index (χ1n) is 8.07. The molecule has 6 nitrogen and oxygen atoms in total. The van der Waals surface area contributed by atoms with Crippen molar-refractivity contribution in [1.29, 1.82) is 0 Å². The van der Waals surface area contributed by atoms with Crippen LogP contribution >= 0.6 is 0 Å². The van der Waals surface area contributed by atoms with Crippen molar-refractivity contribution in [3.8, 4) is 5.88 Å². The van der Waals surface area contributed by atoms with Crippen molar-refractivity contribution >= 4 is 11.7 Å². The minimum absolute atomic E-state index is 0.0993. The Kier molecular flexibility index (Phi) is 4.64. The number of hydrogen-bond donors (Lipinski definition) is 0. The lowest BCUT2D eigenvalue weighted by Crippen LogP contribution is -2.49. The lowest BCUT2D eigenvalue weighted by molar-refractivity contribution is 0.0746. The molecule has 1 fully saturated rings. The highest BCUT2D eigenvalue weighted by atomic mass is 16.5. The highest BCUT2D eigenvalue weighted by molar-refractivity contribution is 5.94. The highest BCUT2D eigenvalue weighted by Crippen LogP contribution is 2.17. The molecule has 0 unspecified atom stereocenters. The van der Waals surface area contributed by atoms with Gasteiger partial charge < -0.3 is 14.5 Å². The molecule has 3 rings (SSSR count). The van der Waals surface area contributed by atoms with E-state index in [1.807, 2.05) is 36.9 Å². The van der Waals surface area contributed by atoms with Gasteiger partial charge in [0.15, 0.2) is 5.82 Å². The Labute approximate surface area is 142 Å². The van der Waals surface area contributed by atoms with Crippen molar-refractivity contribution < 1.29 is 9.53 Å². The maximum Gasteiger partial charge on any atom is 0.253 e. The van der Waals surface area contributed by atoms with Crippen LogP contribution in [0.2, 0.25) is 0 Å². The van der Waals surface area contributed by atoms with Crippen molar-refractivity contribution in [2.45, 2.75) is 13.8 Å². The number of carbonyl (C=O) groups is 1. The number of aryl methyl sites for hydroxylation is 2. The van der Waals surface area contributed by atoms with Gasteiger partial charge in [0.2, 0.25) is 5.88 Å². The Bertz CT molecular complexity index is 702. The Morgan fingerprint density at radius 1 is 1.00 bits per heavy atom. The van der Waals surface area contributed by atoms with Crippen LogP contribution in [0.5, 0.6) is 5.88 Å². The van der Waals surface area contributed by atoms with Gasteiger partial charge in [-0.2, -0.15) is 0 Å². The maximum atomic E-state index is 12.7. The molecular formula is C18H22N4O2. The topological polar surface area (TPSA) is 58.6 Å². The van der Waals surface area contributed by atoms with E-state index < -0.39 is 0 Å². The number of anilines is 1. The van der Waals surface area contributed by atoms with E-state index in [4.69, 9.17) is 4.74 Å². The van der Waals surface area contributed by atoms with Gasteiger partial charge in [0.1, 0.15) is 0 Å².